The standard InChI is InChI=1S/C28H33IO4/c1-27-12-10-20(30)15-18(27)6-7-21-22-8-9-24(28(22,2)13-11-23(21)27)25(31)16-33-26(32)17-4-3-5-19(29)14-17/h3-5,14-15,21-24H,6-13,16H2,1-2H3/t21-,22-,23-,24+,27-,28-/m0/s1. The molecule has 0 radical (unpaired) electrons. The Morgan fingerprint density at radius 2 is 1.88 bits per heavy atom. The molecule has 0 aliphatic heterocycles. The van der Waals surface area contributed by atoms with E-state index in [0.717, 1.165) is 48.5 Å². The summed E-state index contributed by atoms with van der Waals surface area (Å²) in [5, 5.41) is 0. The van der Waals surface area contributed by atoms with E-state index >= 15 is 0 Å². The van der Waals surface area contributed by atoms with Gasteiger partial charge in [0.05, 0.1) is 5.56 Å². The lowest BCUT2D eigenvalue weighted by Crippen LogP contribution is -2.51. The molecule has 3 fully saturated rings. The van der Waals surface area contributed by atoms with E-state index in [9.17, 15) is 14.4 Å². The largest absolute Gasteiger partial charge is 0.454 e. The molecule has 5 rings (SSSR count). The minimum atomic E-state index is -0.420. The van der Waals surface area contributed by atoms with Crippen molar-refractivity contribution in [1.29, 1.82) is 0 Å². The third-order valence-corrected chi connectivity index (χ3v) is 10.4. The van der Waals surface area contributed by atoms with Crippen LogP contribution >= 0.6 is 22.6 Å². The van der Waals surface area contributed by atoms with Crippen molar-refractivity contribution < 1.29 is 19.1 Å². The molecule has 0 heterocycles. The van der Waals surface area contributed by atoms with Gasteiger partial charge >= 0.3 is 5.97 Å². The molecule has 33 heavy (non-hydrogen) atoms. The highest BCUT2D eigenvalue weighted by molar-refractivity contribution is 14.1. The molecule has 1 aromatic rings. The van der Waals surface area contributed by atoms with Crippen molar-refractivity contribution in [3.8, 4) is 0 Å². The van der Waals surface area contributed by atoms with E-state index in [-0.39, 0.29) is 29.1 Å². The smallest absolute Gasteiger partial charge is 0.338 e. The number of rotatable bonds is 4. The maximum Gasteiger partial charge on any atom is 0.338 e. The fourth-order valence-corrected chi connectivity index (χ4v) is 8.57. The third-order valence-electron chi connectivity index (χ3n) is 9.76. The molecule has 0 amide bonds. The zero-order valence-electron chi connectivity index (χ0n) is 19.6. The van der Waals surface area contributed by atoms with Gasteiger partial charge in [-0.3, -0.25) is 9.59 Å². The minimum Gasteiger partial charge on any atom is -0.454 e. The summed E-state index contributed by atoms with van der Waals surface area (Å²) >= 11 is 2.17. The zero-order valence-corrected chi connectivity index (χ0v) is 21.7. The van der Waals surface area contributed by atoms with Gasteiger partial charge in [0, 0.05) is 15.9 Å². The second kappa shape index (κ2) is 8.62. The van der Waals surface area contributed by atoms with Crippen LogP contribution in [0.5, 0.6) is 0 Å². The van der Waals surface area contributed by atoms with E-state index in [0.29, 0.717) is 35.5 Å². The fraction of sp³-hybridized carbons (Fsp3) is 0.607. The summed E-state index contributed by atoms with van der Waals surface area (Å²) in [4.78, 5) is 37.8. The van der Waals surface area contributed by atoms with Gasteiger partial charge in [0.1, 0.15) is 0 Å². The van der Waals surface area contributed by atoms with Crippen LogP contribution in [-0.4, -0.2) is 24.1 Å². The van der Waals surface area contributed by atoms with Crippen LogP contribution in [-0.2, 0) is 14.3 Å². The number of Topliss-reactive ketones (excluding diaryl/α,β-unsaturated/α-hetero) is 1. The maximum atomic E-state index is 13.3. The third kappa shape index (κ3) is 3.92. The summed E-state index contributed by atoms with van der Waals surface area (Å²) in [7, 11) is 0. The van der Waals surface area contributed by atoms with Gasteiger partial charge < -0.3 is 4.74 Å². The highest BCUT2D eigenvalue weighted by Crippen LogP contribution is 2.66. The Labute approximate surface area is 210 Å². The topological polar surface area (TPSA) is 60.4 Å². The molecule has 4 aliphatic rings. The molecule has 0 spiro atoms. The molecule has 176 valence electrons. The Hall–Kier alpha value is -1.50. The van der Waals surface area contributed by atoms with Gasteiger partial charge in [-0.05, 0) is 120 Å². The molecule has 4 aliphatic carbocycles. The van der Waals surface area contributed by atoms with Crippen LogP contribution in [0.4, 0.5) is 0 Å². The summed E-state index contributed by atoms with van der Waals surface area (Å²) in [6, 6.07) is 7.27. The predicted octanol–water partition coefficient (Wildman–Crippen LogP) is 6.17. The summed E-state index contributed by atoms with van der Waals surface area (Å²) in [5.41, 5.74) is 2.03. The Kier molecular flexibility index (Phi) is 6.07. The molecule has 0 unspecified atom stereocenters. The number of carbonyl (C=O) groups excluding carboxylic acids is 3. The van der Waals surface area contributed by atoms with Crippen LogP contribution in [0.2, 0.25) is 0 Å². The van der Waals surface area contributed by atoms with Gasteiger partial charge in [0.2, 0.25) is 0 Å². The first-order valence-corrected chi connectivity index (χ1v) is 13.5. The second-order valence-electron chi connectivity index (χ2n) is 11.2. The lowest BCUT2D eigenvalue weighted by atomic mass is 9.46. The summed E-state index contributed by atoms with van der Waals surface area (Å²) in [6.07, 6.45) is 9.97. The van der Waals surface area contributed by atoms with Crippen molar-refractivity contribution in [3.05, 3.63) is 45.0 Å². The molecule has 0 bridgehead atoms. The molecule has 6 atom stereocenters. The van der Waals surface area contributed by atoms with Gasteiger partial charge in [0.25, 0.3) is 0 Å². The molecular formula is C28H33IO4. The quantitative estimate of drug-likeness (QED) is 0.327. The molecule has 0 saturated heterocycles. The molecule has 0 N–H and O–H groups in total. The summed E-state index contributed by atoms with van der Waals surface area (Å²) in [6.45, 7) is 4.59. The van der Waals surface area contributed by atoms with Crippen LogP contribution in [0.15, 0.2) is 35.9 Å². The lowest BCUT2D eigenvalue weighted by molar-refractivity contribution is -0.133. The average Bonchev–Trinajstić information content (AvgIpc) is 3.15. The van der Waals surface area contributed by atoms with Crippen molar-refractivity contribution in [2.75, 3.05) is 6.61 Å². The lowest BCUT2D eigenvalue weighted by Gasteiger charge is -2.58. The Balaban J connectivity index is 1.28. The second-order valence-corrected chi connectivity index (χ2v) is 12.4. The van der Waals surface area contributed by atoms with E-state index in [1.54, 1.807) is 12.1 Å². The van der Waals surface area contributed by atoms with Gasteiger partial charge in [-0.25, -0.2) is 4.79 Å². The Morgan fingerprint density at radius 1 is 1.06 bits per heavy atom. The number of halogens is 1. The number of allylic oxidation sites excluding steroid dienone is 1. The van der Waals surface area contributed by atoms with Crippen LogP contribution in [0.1, 0.15) is 75.6 Å². The monoisotopic (exact) mass is 560 g/mol. The minimum absolute atomic E-state index is 0.00511. The molecule has 5 heteroatoms. The van der Waals surface area contributed by atoms with Crippen molar-refractivity contribution in [3.63, 3.8) is 0 Å². The van der Waals surface area contributed by atoms with Crippen molar-refractivity contribution in [2.24, 2.45) is 34.5 Å². The first-order chi connectivity index (χ1) is 15.7. The van der Waals surface area contributed by atoms with E-state index < -0.39 is 5.97 Å². The molecule has 1 aromatic carbocycles. The number of ketones is 2. The van der Waals surface area contributed by atoms with Gasteiger partial charge in [0.15, 0.2) is 18.2 Å². The molecule has 4 nitrogen and oxygen atoms in total. The van der Waals surface area contributed by atoms with Crippen LogP contribution in [0.3, 0.4) is 0 Å². The number of ether oxygens (including phenoxy) is 1. The predicted molar refractivity (Wildman–Crippen MR) is 135 cm³/mol. The normalized spacial score (nSPS) is 37.4. The first-order valence-electron chi connectivity index (χ1n) is 12.4. The van der Waals surface area contributed by atoms with Gasteiger partial charge in [-0.2, -0.15) is 0 Å². The van der Waals surface area contributed by atoms with Crippen LogP contribution in [0, 0.1) is 38.1 Å². The number of carbonyl (C=O) groups is 3. The Morgan fingerprint density at radius 3 is 2.67 bits per heavy atom. The summed E-state index contributed by atoms with van der Waals surface area (Å²) in [5.74, 6) is 1.74. The van der Waals surface area contributed by atoms with Crippen LogP contribution in [0.25, 0.3) is 0 Å². The van der Waals surface area contributed by atoms with E-state index in [1.165, 1.54) is 5.57 Å². The maximum absolute atomic E-state index is 13.3. The number of esters is 1. The van der Waals surface area contributed by atoms with Gasteiger partial charge in [-0.1, -0.05) is 25.5 Å². The average molecular weight is 560 g/mol. The zero-order chi connectivity index (χ0) is 23.4. The fourth-order valence-electron chi connectivity index (χ4n) is 8.02. The number of hydrogen-bond donors (Lipinski definition) is 0. The molecule has 3 saturated carbocycles. The summed E-state index contributed by atoms with van der Waals surface area (Å²) < 4.78 is 6.42. The van der Waals surface area contributed by atoms with Crippen molar-refractivity contribution in [2.45, 2.75) is 65.2 Å². The van der Waals surface area contributed by atoms with Crippen LogP contribution < -0.4 is 0 Å². The van der Waals surface area contributed by atoms with Crippen molar-refractivity contribution >= 4 is 40.1 Å². The highest BCUT2D eigenvalue weighted by Gasteiger charge is 2.60. The van der Waals surface area contributed by atoms with E-state index in [1.807, 2.05) is 18.2 Å². The number of hydrogen-bond acceptors (Lipinski definition) is 4. The highest BCUT2D eigenvalue weighted by atomic mass is 127. The molecule has 0 aromatic heterocycles. The van der Waals surface area contributed by atoms with E-state index in [2.05, 4.69) is 36.4 Å². The van der Waals surface area contributed by atoms with E-state index in [4.69, 9.17) is 4.74 Å². The first kappa shape index (κ1) is 23.3. The SMILES string of the molecule is C[C@]12CC[C@H]3[C@@H](CCC4=CC(=O)CC[C@@]43C)[C@@H]1CC[C@@H]2C(=O)COC(=O)c1cccc(I)c1. The number of fused-ring (bicyclic) bond motifs is 5. The van der Waals surface area contributed by atoms with Gasteiger partial charge in [-0.15, -0.1) is 0 Å². The molecular weight excluding hydrogens is 527 g/mol. The van der Waals surface area contributed by atoms with Crippen molar-refractivity contribution in [1.82, 2.24) is 0 Å². The number of benzene rings is 1. The Bertz CT molecular complexity index is 1030.